The van der Waals surface area contributed by atoms with Crippen molar-refractivity contribution in [2.24, 2.45) is 0 Å². The summed E-state index contributed by atoms with van der Waals surface area (Å²) in [6.07, 6.45) is 1.37. The molecule has 0 atom stereocenters. The van der Waals surface area contributed by atoms with E-state index in [0.29, 0.717) is 28.3 Å². The quantitative estimate of drug-likeness (QED) is 0.720. The zero-order valence-corrected chi connectivity index (χ0v) is 14.2. The third-order valence-corrected chi connectivity index (χ3v) is 3.51. The smallest absolute Gasteiger partial charge is 0.254 e. The highest BCUT2D eigenvalue weighted by Gasteiger charge is 2.17. The molecule has 0 saturated heterocycles. The van der Waals surface area contributed by atoms with Crippen molar-refractivity contribution < 1.29 is 14.3 Å². The second-order valence-electron chi connectivity index (χ2n) is 4.72. The number of benzene rings is 1. The number of aromatic nitrogens is 1. The Morgan fingerprint density at radius 1 is 1.08 bits per heavy atom. The third-order valence-electron chi connectivity index (χ3n) is 3.30. The summed E-state index contributed by atoms with van der Waals surface area (Å²) in [5, 5.41) is 8.40. The van der Waals surface area contributed by atoms with Crippen LogP contribution in [0.3, 0.4) is 0 Å². The van der Waals surface area contributed by atoms with Gasteiger partial charge in [-0.15, -0.1) is 0 Å². The predicted molar refractivity (Wildman–Crippen MR) is 92.3 cm³/mol. The Morgan fingerprint density at radius 3 is 2.38 bits per heavy atom. The number of pyridine rings is 1. The van der Waals surface area contributed by atoms with Crippen LogP contribution in [-0.4, -0.2) is 38.0 Å². The normalized spacial score (nSPS) is 10.0. The van der Waals surface area contributed by atoms with Gasteiger partial charge < -0.3 is 20.7 Å². The van der Waals surface area contributed by atoms with Gasteiger partial charge in [-0.2, -0.15) is 0 Å². The summed E-state index contributed by atoms with van der Waals surface area (Å²) in [6.45, 7) is 0. The summed E-state index contributed by atoms with van der Waals surface area (Å²) < 4.78 is 5.36. The number of nitrogens with zero attached hydrogens (tertiary/aromatic N) is 1. The summed E-state index contributed by atoms with van der Waals surface area (Å²) in [6, 6.07) is 6.60. The van der Waals surface area contributed by atoms with Gasteiger partial charge in [0.15, 0.2) is 5.75 Å². The van der Waals surface area contributed by atoms with Gasteiger partial charge >= 0.3 is 0 Å². The molecule has 1 heterocycles. The van der Waals surface area contributed by atoms with E-state index >= 15 is 0 Å². The highest BCUT2D eigenvalue weighted by molar-refractivity contribution is 6.29. The molecular weight excluding hydrogens is 332 g/mol. The van der Waals surface area contributed by atoms with Crippen LogP contribution in [0.1, 0.15) is 20.7 Å². The molecule has 0 aliphatic rings. The van der Waals surface area contributed by atoms with Crippen LogP contribution in [0.4, 0.5) is 11.4 Å². The topological polar surface area (TPSA) is 92.4 Å². The Labute approximate surface area is 144 Å². The van der Waals surface area contributed by atoms with E-state index < -0.39 is 0 Å². The Morgan fingerprint density at radius 2 is 1.75 bits per heavy atom. The van der Waals surface area contributed by atoms with Gasteiger partial charge in [-0.25, -0.2) is 4.98 Å². The van der Waals surface area contributed by atoms with Crippen LogP contribution >= 0.6 is 11.6 Å². The van der Waals surface area contributed by atoms with Crippen LogP contribution < -0.4 is 20.7 Å². The highest BCUT2D eigenvalue weighted by Crippen LogP contribution is 2.33. The summed E-state index contributed by atoms with van der Waals surface area (Å²) >= 11 is 5.93. The van der Waals surface area contributed by atoms with Crippen molar-refractivity contribution in [2.75, 3.05) is 26.5 Å². The summed E-state index contributed by atoms with van der Waals surface area (Å²) in [5.41, 5.74) is 1.65. The molecule has 7 nitrogen and oxygen atoms in total. The lowest BCUT2D eigenvalue weighted by atomic mass is 10.1. The maximum Gasteiger partial charge on any atom is 0.254 e. The number of hydrogen-bond acceptors (Lipinski definition) is 5. The van der Waals surface area contributed by atoms with E-state index in [-0.39, 0.29) is 17.0 Å². The van der Waals surface area contributed by atoms with Crippen LogP contribution in [0.25, 0.3) is 0 Å². The molecule has 2 aromatic rings. The highest BCUT2D eigenvalue weighted by atomic mass is 35.5. The van der Waals surface area contributed by atoms with Crippen LogP contribution in [0, 0.1) is 0 Å². The molecule has 2 rings (SSSR count). The Bertz CT molecular complexity index is 780. The predicted octanol–water partition coefficient (Wildman–Crippen LogP) is 2.21. The fourth-order valence-electron chi connectivity index (χ4n) is 2.16. The van der Waals surface area contributed by atoms with Crippen molar-refractivity contribution in [2.45, 2.75) is 0 Å². The molecule has 24 heavy (non-hydrogen) atoms. The first-order chi connectivity index (χ1) is 11.5. The van der Waals surface area contributed by atoms with Gasteiger partial charge in [0.05, 0.1) is 29.6 Å². The van der Waals surface area contributed by atoms with Crippen molar-refractivity contribution in [3.63, 3.8) is 0 Å². The van der Waals surface area contributed by atoms with Gasteiger partial charge in [0.1, 0.15) is 5.15 Å². The van der Waals surface area contributed by atoms with Gasteiger partial charge in [-0.05, 0) is 18.2 Å². The number of nitrogens with one attached hydrogen (secondary N) is 3. The van der Waals surface area contributed by atoms with Crippen LogP contribution in [0.15, 0.2) is 30.5 Å². The molecule has 0 aliphatic carbocycles. The largest absolute Gasteiger partial charge is 0.494 e. The Kier molecular flexibility index (Phi) is 5.59. The minimum atomic E-state index is -0.317. The first-order valence-corrected chi connectivity index (χ1v) is 7.43. The van der Waals surface area contributed by atoms with Crippen molar-refractivity contribution in [1.82, 2.24) is 15.6 Å². The fraction of sp³-hybridized carbons (Fsp3) is 0.188. The summed E-state index contributed by atoms with van der Waals surface area (Å²) in [4.78, 5) is 27.9. The molecule has 0 saturated carbocycles. The number of para-hydroxylation sites is 1. The lowest BCUT2D eigenvalue weighted by Crippen LogP contribution is -2.20. The molecule has 0 aliphatic heterocycles. The maximum atomic E-state index is 12.0. The number of carbonyl (C=O) groups is 2. The number of carbonyl (C=O) groups excluding carboxylic acids is 2. The average molecular weight is 349 g/mol. The van der Waals surface area contributed by atoms with Gasteiger partial charge in [0.25, 0.3) is 11.8 Å². The molecule has 3 N–H and O–H groups in total. The van der Waals surface area contributed by atoms with Gasteiger partial charge in [0, 0.05) is 20.3 Å². The zero-order chi connectivity index (χ0) is 17.7. The Hall–Kier alpha value is -2.80. The van der Waals surface area contributed by atoms with Crippen LogP contribution in [0.5, 0.6) is 5.75 Å². The van der Waals surface area contributed by atoms with Crippen LogP contribution in [-0.2, 0) is 0 Å². The molecule has 126 valence electrons. The van der Waals surface area contributed by atoms with E-state index in [2.05, 4.69) is 20.9 Å². The zero-order valence-electron chi connectivity index (χ0n) is 13.4. The fourth-order valence-corrected chi connectivity index (χ4v) is 2.32. The van der Waals surface area contributed by atoms with Crippen molar-refractivity contribution in [1.29, 1.82) is 0 Å². The maximum absolute atomic E-state index is 12.0. The van der Waals surface area contributed by atoms with Gasteiger partial charge in [-0.3, -0.25) is 9.59 Å². The number of hydrogen-bond donors (Lipinski definition) is 3. The minimum absolute atomic E-state index is 0.228. The summed E-state index contributed by atoms with van der Waals surface area (Å²) in [7, 11) is 4.52. The molecule has 2 amide bonds. The van der Waals surface area contributed by atoms with E-state index in [0.717, 1.165) is 0 Å². The SMILES string of the molecule is CNC(=O)c1cnc(Cl)cc1Nc1cccc(C(=O)NC)c1OC. The lowest BCUT2D eigenvalue weighted by Gasteiger charge is -2.16. The number of amides is 2. The molecule has 0 unspecified atom stereocenters. The molecule has 0 spiro atoms. The van der Waals surface area contributed by atoms with E-state index in [9.17, 15) is 9.59 Å². The monoisotopic (exact) mass is 348 g/mol. The molecule has 1 aromatic heterocycles. The second-order valence-corrected chi connectivity index (χ2v) is 5.11. The number of ether oxygens (including phenoxy) is 1. The first kappa shape index (κ1) is 17.6. The molecule has 0 bridgehead atoms. The second kappa shape index (κ2) is 7.65. The minimum Gasteiger partial charge on any atom is -0.494 e. The third kappa shape index (κ3) is 3.57. The summed E-state index contributed by atoms with van der Waals surface area (Å²) in [5.74, 6) is -0.245. The van der Waals surface area contributed by atoms with E-state index in [1.54, 1.807) is 18.2 Å². The molecule has 0 fully saturated rings. The number of halogens is 1. The first-order valence-electron chi connectivity index (χ1n) is 7.05. The van der Waals surface area contributed by atoms with Crippen LogP contribution in [0.2, 0.25) is 5.15 Å². The molecule has 8 heteroatoms. The molecule has 1 aromatic carbocycles. The van der Waals surface area contributed by atoms with Crippen molar-refractivity contribution in [3.8, 4) is 5.75 Å². The van der Waals surface area contributed by atoms with Crippen molar-refractivity contribution in [3.05, 3.63) is 46.7 Å². The Balaban J connectivity index is 2.51. The van der Waals surface area contributed by atoms with Gasteiger partial charge in [0.2, 0.25) is 0 Å². The molecule has 0 radical (unpaired) electrons. The van der Waals surface area contributed by atoms with E-state index in [1.165, 1.54) is 33.5 Å². The molecular formula is C16H17ClN4O3. The lowest BCUT2D eigenvalue weighted by molar-refractivity contribution is 0.0953. The number of rotatable bonds is 5. The van der Waals surface area contributed by atoms with Gasteiger partial charge in [-0.1, -0.05) is 17.7 Å². The standard InChI is InChI=1S/C16H17ClN4O3/c1-18-15(22)9-5-4-6-11(14(9)24-3)21-12-7-13(17)20-8-10(12)16(23)19-2/h4-8H,1-3H3,(H,18,22)(H,19,23)(H,20,21). The number of methoxy groups -OCH3 is 1. The van der Waals surface area contributed by atoms with E-state index in [1.807, 2.05) is 0 Å². The van der Waals surface area contributed by atoms with E-state index in [4.69, 9.17) is 16.3 Å². The average Bonchev–Trinajstić information content (AvgIpc) is 2.60. The van der Waals surface area contributed by atoms with Crippen molar-refractivity contribution >= 4 is 34.8 Å². The number of anilines is 2.